The van der Waals surface area contributed by atoms with Crippen molar-refractivity contribution in [1.29, 1.82) is 0 Å². The molecule has 0 spiro atoms. The molecule has 2 aromatic rings. The van der Waals surface area contributed by atoms with Gasteiger partial charge >= 0.3 is 5.97 Å². The molecule has 100 valence electrons. The molecule has 0 atom stereocenters. The number of aromatic nitrogens is 2. The van der Waals surface area contributed by atoms with Crippen LogP contribution >= 0.6 is 0 Å². The molecule has 0 aliphatic heterocycles. The number of benzene rings is 1. The van der Waals surface area contributed by atoms with Crippen LogP contribution in [0.2, 0.25) is 0 Å². The maximum absolute atomic E-state index is 13.3. The maximum Gasteiger partial charge on any atom is 0.328 e. The molecular formula is C12H11F2N3O2. The zero-order chi connectivity index (χ0) is 13.8. The molecule has 5 nitrogen and oxygen atoms in total. The summed E-state index contributed by atoms with van der Waals surface area (Å²) in [4.78, 5) is 11.5. The van der Waals surface area contributed by atoms with E-state index < -0.39 is 17.6 Å². The molecule has 1 aromatic heterocycles. The Bertz CT molecular complexity index is 598. The summed E-state index contributed by atoms with van der Waals surface area (Å²) in [5, 5.41) is 3.80. The first-order valence-electron chi connectivity index (χ1n) is 5.43. The lowest BCUT2D eigenvalue weighted by molar-refractivity contribution is -0.146. The Kier molecular flexibility index (Phi) is 3.74. The Morgan fingerprint density at radius 2 is 2.16 bits per heavy atom. The summed E-state index contributed by atoms with van der Waals surface area (Å²) in [6, 6.07) is 5.21. The lowest BCUT2D eigenvalue weighted by atomic mass is 10.2. The minimum Gasteiger partial charge on any atom is -0.459 e. The number of esters is 1. The molecule has 0 bridgehead atoms. The fourth-order valence-electron chi connectivity index (χ4n) is 1.46. The number of anilines is 1. The number of ether oxygens (including phenoxy) is 1. The van der Waals surface area contributed by atoms with E-state index in [4.69, 9.17) is 10.5 Å². The minimum absolute atomic E-state index is 0.0201. The van der Waals surface area contributed by atoms with Crippen LogP contribution in [0.4, 0.5) is 14.6 Å². The Labute approximate surface area is 107 Å². The van der Waals surface area contributed by atoms with Gasteiger partial charge in [0.15, 0.2) is 11.6 Å². The second-order valence-electron chi connectivity index (χ2n) is 3.81. The van der Waals surface area contributed by atoms with Gasteiger partial charge in [-0.1, -0.05) is 12.1 Å². The molecule has 2 N–H and O–H groups in total. The number of carbonyl (C=O) groups is 1. The van der Waals surface area contributed by atoms with Crippen LogP contribution in [0, 0.1) is 11.6 Å². The van der Waals surface area contributed by atoms with Crippen LogP contribution in [0.1, 0.15) is 5.56 Å². The number of nitrogens with two attached hydrogens (primary N) is 1. The van der Waals surface area contributed by atoms with Crippen molar-refractivity contribution < 1.29 is 18.3 Å². The van der Waals surface area contributed by atoms with E-state index in [9.17, 15) is 13.6 Å². The molecule has 19 heavy (non-hydrogen) atoms. The van der Waals surface area contributed by atoms with Crippen molar-refractivity contribution >= 4 is 11.8 Å². The van der Waals surface area contributed by atoms with Crippen LogP contribution < -0.4 is 5.73 Å². The molecule has 0 saturated heterocycles. The molecule has 0 saturated carbocycles. The highest BCUT2D eigenvalue weighted by molar-refractivity contribution is 5.69. The highest BCUT2D eigenvalue weighted by Crippen LogP contribution is 2.12. The van der Waals surface area contributed by atoms with Crippen LogP contribution in [0.15, 0.2) is 30.5 Å². The van der Waals surface area contributed by atoms with E-state index in [1.54, 1.807) is 0 Å². The van der Waals surface area contributed by atoms with Crippen molar-refractivity contribution in [3.63, 3.8) is 0 Å². The number of nitrogen functional groups attached to an aromatic ring is 1. The summed E-state index contributed by atoms with van der Waals surface area (Å²) in [6.45, 7) is -0.479. The van der Waals surface area contributed by atoms with Crippen LogP contribution in [-0.4, -0.2) is 15.7 Å². The summed E-state index contributed by atoms with van der Waals surface area (Å²) in [7, 11) is 0. The van der Waals surface area contributed by atoms with Crippen molar-refractivity contribution in [3.8, 4) is 0 Å². The van der Waals surface area contributed by atoms with Crippen LogP contribution in [0.3, 0.4) is 0 Å². The predicted molar refractivity (Wildman–Crippen MR) is 62.8 cm³/mol. The summed E-state index contributed by atoms with van der Waals surface area (Å²) < 4.78 is 32.3. The van der Waals surface area contributed by atoms with Gasteiger partial charge in [0.1, 0.15) is 19.0 Å². The minimum atomic E-state index is -1.02. The SMILES string of the molecule is Nc1ccn(CC(=O)OCc2cccc(F)c2F)n1. The van der Waals surface area contributed by atoms with Gasteiger partial charge in [-0.3, -0.25) is 9.48 Å². The van der Waals surface area contributed by atoms with Gasteiger partial charge in [-0.15, -0.1) is 0 Å². The Morgan fingerprint density at radius 1 is 1.37 bits per heavy atom. The number of rotatable bonds is 4. The van der Waals surface area contributed by atoms with Gasteiger partial charge in [-0.05, 0) is 12.1 Å². The van der Waals surface area contributed by atoms with E-state index in [1.165, 1.54) is 29.1 Å². The normalized spacial score (nSPS) is 10.4. The van der Waals surface area contributed by atoms with Crippen molar-refractivity contribution in [2.24, 2.45) is 0 Å². The third kappa shape index (κ3) is 3.27. The van der Waals surface area contributed by atoms with E-state index >= 15 is 0 Å². The zero-order valence-corrected chi connectivity index (χ0v) is 9.85. The standard InChI is InChI=1S/C12H11F2N3O2/c13-9-3-1-2-8(12(9)14)7-19-11(18)6-17-5-4-10(15)16-17/h1-5H,6-7H2,(H2,15,16). The molecule has 0 fully saturated rings. The Balaban J connectivity index is 1.91. The zero-order valence-electron chi connectivity index (χ0n) is 9.85. The van der Waals surface area contributed by atoms with Crippen molar-refractivity contribution in [2.45, 2.75) is 13.2 Å². The third-order valence-corrected chi connectivity index (χ3v) is 2.37. The van der Waals surface area contributed by atoms with Crippen molar-refractivity contribution in [2.75, 3.05) is 5.73 Å². The molecule has 0 radical (unpaired) electrons. The summed E-state index contributed by atoms with van der Waals surface area (Å²) in [6.07, 6.45) is 1.51. The first-order valence-corrected chi connectivity index (χ1v) is 5.43. The first kappa shape index (κ1) is 13.0. The number of carbonyl (C=O) groups excluding carboxylic acids is 1. The molecule has 1 aromatic carbocycles. The van der Waals surface area contributed by atoms with Gasteiger partial charge in [0.25, 0.3) is 0 Å². The van der Waals surface area contributed by atoms with E-state index in [1.807, 2.05) is 0 Å². The highest BCUT2D eigenvalue weighted by Gasteiger charge is 2.11. The summed E-state index contributed by atoms with van der Waals surface area (Å²) in [5.41, 5.74) is 5.36. The molecule has 0 unspecified atom stereocenters. The largest absolute Gasteiger partial charge is 0.459 e. The first-order chi connectivity index (χ1) is 9.06. The molecule has 2 rings (SSSR count). The molecule has 0 aliphatic carbocycles. The lowest BCUT2D eigenvalue weighted by Crippen LogP contribution is -2.14. The topological polar surface area (TPSA) is 70.1 Å². The summed E-state index contributed by atoms with van der Waals surface area (Å²) >= 11 is 0. The Morgan fingerprint density at radius 3 is 2.84 bits per heavy atom. The highest BCUT2D eigenvalue weighted by atomic mass is 19.2. The average molecular weight is 267 g/mol. The fourth-order valence-corrected chi connectivity index (χ4v) is 1.46. The third-order valence-electron chi connectivity index (χ3n) is 2.37. The second kappa shape index (κ2) is 5.47. The number of halogens is 2. The predicted octanol–water partition coefficient (Wildman–Crippen LogP) is 1.49. The average Bonchev–Trinajstić information content (AvgIpc) is 2.76. The van der Waals surface area contributed by atoms with Crippen LogP contribution in [-0.2, 0) is 22.7 Å². The number of nitrogens with zero attached hydrogens (tertiary/aromatic N) is 2. The molecule has 7 heteroatoms. The van der Waals surface area contributed by atoms with Crippen molar-refractivity contribution in [3.05, 3.63) is 47.7 Å². The van der Waals surface area contributed by atoms with Gasteiger partial charge in [0, 0.05) is 11.8 Å². The number of hydrogen-bond acceptors (Lipinski definition) is 4. The van der Waals surface area contributed by atoms with Gasteiger partial charge in [-0.25, -0.2) is 8.78 Å². The molecule has 1 heterocycles. The fraction of sp³-hybridized carbons (Fsp3) is 0.167. The molecule has 0 aliphatic rings. The van der Waals surface area contributed by atoms with Gasteiger partial charge < -0.3 is 10.5 Å². The maximum atomic E-state index is 13.3. The van der Waals surface area contributed by atoms with Gasteiger partial charge in [0.05, 0.1) is 0 Å². The quantitative estimate of drug-likeness (QED) is 0.852. The van der Waals surface area contributed by atoms with E-state index in [-0.39, 0.29) is 24.5 Å². The molecular weight excluding hydrogens is 256 g/mol. The smallest absolute Gasteiger partial charge is 0.328 e. The van der Waals surface area contributed by atoms with Crippen LogP contribution in [0.5, 0.6) is 0 Å². The van der Waals surface area contributed by atoms with Gasteiger partial charge in [-0.2, -0.15) is 5.10 Å². The van der Waals surface area contributed by atoms with Crippen LogP contribution in [0.25, 0.3) is 0 Å². The lowest BCUT2D eigenvalue weighted by Gasteiger charge is -2.06. The van der Waals surface area contributed by atoms with E-state index in [2.05, 4.69) is 5.10 Å². The van der Waals surface area contributed by atoms with E-state index in [0.29, 0.717) is 0 Å². The second-order valence-corrected chi connectivity index (χ2v) is 3.81. The number of hydrogen-bond donors (Lipinski definition) is 1. The Hall–Kier alpha value is -2.44. The van der Waals surface area contributed by atoms with E-state index in [0.717, 1.165) is 6.07 Å². The van der Waals surface area contributed by atoms with Crippen molar-refractivity contribution in [1.82, 2.24) is 9.78 Å². The monoisotopic (exact) mass is 267 g/mol. The molecule has 0 amide bonds. The van der Waals surface area contributed by atoms with Gasteiger partial charge in [0.2, 0.25) is 0 Å². The summed E-state index contributed by atoms with van der Waals surface area (Å²) in [5.74, 6) is -2.33.